The van der Waals surface area contributed by atoms with E-state index >= 15 is 0 Å². The maximum atomic E-state index is 12.1. The van der Waals surface area contributed by atoms with E-state index in [4.69, 9.17) is 17.3 Å². The van der Waals surface area contributed by atoms with E-state index in [1.54, 1.807) is 24.3 Å². The average molecular weight is 310 g/mol. The predicted molar refractivity (Wildman–Crippen MR) is 83.0 cm³/mol. The quantitative estimate of drug-likeness (QED) is 0.891. The number of benzene rings is 1. The van der Waals surface area contributed by atoms with Crippen molar-refractivity contribution in [2.45, 2.75) is 25.8 Å². The number of halogens is 1. The zero-order chi connectivity index (χ0) is 15.4. The number of likely N-dealkylation sites (tertiary alicyclic amines) is 1. The highest BCUT2D eigenvalue weighted by molar-refractivity contribution is 6.30. The predicted octanol–water partition coefficient (Wildman–Crippen LogP) is 1.86. The first kappa shape index (κ1) is 15.8. The summed E-state index contributed by atoms with van der Waals surface area (Å²) >= 11 is 5.88. The lowest BCUT2D eigenvalue weighted by Crippen LogP contribution is -2.48. The molecule has 114 valence electrons. The summed E-state index contributed by atoms with van der Waals surface area (Å²) in [4.78, 5) is 25.4. The molecule has 5 nitrogen and oxygen atoms in total. The summed E-state index contributed by atoms with van der Waals surface area (Å²) in [7, 11) is 0. The Balaban J connectivity index is 1.93. The van der Waals surface area contributed by atoms with Crippen molar-refractivity contribution in [3.05, 3.63) is 29.3 Å². The van der Waals surface area contributed by atoms with Crippen LogP contribution in [0.1, 0.15) is 19.8 Å². The molecule has 0 unspecified atom stereocenters. The van der Waals surface area contributed by atoms with Crippen LogP contribution in [-0.4, -0.2) is 35.8 Å². The number of nitrogens with two attached hydrogens (primary N) is 1. The van der Waals surface area contributed by atoms with Crippen LogP contribution in [0.3, 0.4) is 0 Å². The number of rotatable bonds is 4. The third kappa shape index (κ3) is 4.44. The van der Waals surface area contributed by atoms with E-state index in [1.165, 1.54) is 0 Å². The highest BCUT2D eigenvalue weighted by Crippen LogP contribution is 2.21. The number of carbonyl (C=O) groups is 2. The van der Waals surface area contributed by atoms with Crippen molar-refractivity contribution in [3.8, 4) is 0 Å². The van der Waals surface area contributed by atoms with Crippen molar-refractivity contribution in [1.82, 2.24) is 4.90 Å². The Morgan fingerprint density at radius 3 is 2.86 bits per heavy atom. The summed E-state index contributed by atoms with van der Waals surface area (Å²) in [6.45, 7) is 2.85. The van der Waals surface area contributed by atoms with Crippen LogP contribution < -0.4 is 11.1 Å². The highest BCUT2D eigenvalue weighted by Gasteiger charge is 2.29. The lowest BCUT2D eigenvalue weighted by atomic mass is 9.93. The van der Waals surface area contributed by atoms with Crippen molar-refractivity contribution < 1.29 is 9.59 Å². The fourth-order valence-electron chi connectivity index (χ4n) is 2.58. The van der Waals surface area contributed by atoms with Crippen LogP contribution in [0.25, 0.3) is 0 Å². The largest absolute Gasteiger partial charge is 0.369 e. The van der Waals surface area contributed by atoms with Crippen molar-refractivity contribution in [2.24, 2.45) is 11.7 Å². The number of hydrogen-bond acceptors (Lipinski definition) is 3. The number of piperidine rings is 1. The van der Waals surface area contributed by atoms with Gasteiger partial charge >= 0.3 is 0 Å². The second-order valence-electron chi connectivity index (χ2n) is 5.51. The molecule has 3 N–H and O–H groups in total. The molecule has 2 atom stereocenters. The minimum absolute atomic E-state index is 0.116. The molecule has 0 aromatic heterocycles. The summed E-state index contributed by atoms with van der Waals surface area (Å²) in [6.07, 6.45) is 1.67. The Labute approximate surface area is 129 Å². The number of amides is 2. The number of hydrogen-bond donors (Lipinski definition) is 2. The topological polar surface area (TPSA) is 75.4 Å². The SMILES string of the molecule is C[C@@H]1CC[C@H](C(N)=O)CN1CC(=O)Nc1cccc(Cl)c1. The van der Waals surface area contributed by atoms with Gasteiger partial charge in [0.1, 0.15) is 0 Å². The normalized spacial score (nSPS) is 22.8. The second kappa shape index (κ2) is 6.91. The van der Waals surface area contributed by atoms with Gasteiger partial charge in [-0.25, -0.2) is 0 Å². The molecule has 1 fully saturated rings. The van der Waals surface area contributed by atoms with Gasteiger partial charge in [0.05, 0.1) is 12.5 Å². The Bertz CT molecular complexity index is 535. The van der Waals surface area contributed by atoms with Gasteiger partial charge in [-0.05, 0) is 38.0 Å². The van der Waals surface area contributed by atoms with Crippen molar-refractivity contribution in [1.29, 1.82) is 0 Å². The summed E-state index contributed by atoms with van der Waals surface area (Å²) in [6, 6.07) is 7.29. The average Bonchev–Trinajstić information content (AvgIpc) is 2.41. The molecule has 2 rings (SSSR count). The molecular formula is C15H20ClN3O2. The standard InChI is InChI=1S/C15H20ClN3O2/c1-10-5-6-11(15(17)21)8-19(10)9-14(20)18-13-4-2-3-12(16)7-13/h2-4,7,10-11H,5-6,8-9H2,1H3,(H2,17,21)(H,18,20)/t10-,11+/m1/s1. The Morgan fingerprint density at radius 2 is 2.19 bits per heavy atom. The first-order valence-corrected chi connectivity index (χ1v) is 7.42. The Morgan fingerprint density at radius 1 is 1.43 bits per heavy atom. The van der Waals surface area contributed by atoms with E-state index in [0.717, 1.165) is 12.8 Å². The molecule has 0 bridgehead atoms. The van der Waals surface area contributed by atoms with Gasteiger partial charge in [-0.2, -0.15) is 0 Å². The molecule has 1 heterocycles. The maximum Gasteiger partial charge on any atom is 0.238 e. The van der Waals surface area contributed by atoms with Crippen molar-refractivity contribution in [2.75, 3.05) is 18.4 Å². The maximum absolute atomic E-state index is 12.1. The minimum atomic E-state index is -0.290. The van der Waals surface area contributed by atoms with Crippen LogP contribution in [0, 0.1) is 5.92 Å². The molecular weight excluding hydrogens is 290 g/mol. The van der Waals surface area contributed by atoms with Gasteiger partial charge in [0.2, 0.25) is 11.8 Å². The molecule has 6 heteroatoms. The van der Waals surface area contributed by atoms with Gasteiger partial charge < -0.3 is 11.1 Å². The number of nitrogens with one attached hydrogen (secondary N) is 1. The molecule has 1 saturated heterocycles. The monoisotopic (exact) mass is 309 g/mol. The van der Waals surface area contributed by atoms with Crippen LogP contribution in [-0.2, 0) is 9.59 Å². The van der Waals surface area contributed by atoms with E-state index in [-0.39, 0.29) is 30.3 Å². The molecule has 0 saturated carbocycles. The molecule has 0 aliphatic carbocycles. The van der Waals surface area contributed by atoms with E-state index in [0.29, 0.717) is 17.3 Å². The summed E-state index contributed by atoms with van der Waals surface area (Å²) in [5.74, 6) is -0.573. The molecule has 21 heavy (non-hydrogen) atoms. The van der Waals surface area contributed by atoms with E-state index < -0.39 is 0 Å². The van der Waals surface area contributed by atoms with E-state index in [1.807, 2.05) is 4.90 Å². The lowest BCUT2D eigenvalue weighted by molar-refractivity contribution is -0.126. The van der Waals surface area contributed by atoms with E-state index in [2.05, 4.69) is 12.2 Å². The number of primary amides is 1. The smallest absolute Gasteiger partial charge is 0.238 e. The summed E-state index contributed by atoms with van der Waals surface area (Å²) in [5, 5.41) is 3.39. The zero-order valence-corrected chi connectivity index (χ0v) is 12.8. The van der Waals surface area contributed by atoms with Crippen LogP contribution in [0.5, 0.6) is 0 Å². The van der Waals surface area contributed by atoms with Gasteiger partial charge in [0, 0.05) is 23.3 Å². The molecule has 1 aromatic carbocycles. The van der Waals surface area contributed by atoms with Crippen molar-refractivity contribution >= 4 is 29.1 Å². The van der Waals surface area contributed by atoms with E-state index in [9.17, 15) is 9.59 Å². The zero-order valence-electron chi connectivity index (χ0n) is 12.0. The Kier molecular flexibility index (Phi) is 5.20. The summed E-state index contributed by atoms with van der Waals surface area (Å²) < 4.78 is 0. The molecule has 0 spiro atoms. The fraction of sp³-hybridized carbons (Fsp3) is 0.467. The number of anilines is 1. The third-order valence-corrected chi connectivity index (χ3v) is 4.10. The van der Waals surface area contributed by atoms with Crippen LogP contribution in [0.15, 0.2) is 24.3 Å². The van der Waals surface area contributed by atoms with Gasteiger partial charge in [0.15, 0.2) is 0 Å². The highest BCUT2D eigenvalue weighted by atomic mass is 35.5. The van der Waals surface area contributed by atoms with Crippen LogP contribution in [0.2, 0.25) is 5.02 Å². The van der Waals surface area contributed by atoms with Crippen molar-refractivity contribution in [3.63, 3.8) is 0 Å². The first-order valence-electron chi connectivity index (χ1n) is 7.04. The second-order valence-corrected chi connectivity index (χ2v) is 5.95. The van der Waals surface area contributed by atoms with Gasteiger partial charge in [0.25, 0.3) is 0 Å². The fourth-order valence-corrected chi connectivity index (χ4v) is 2.77. The minimum Gasteiger partial charge on any atom is -0.369 e. The molecule has 2 amide bonds. The molecule has 0 radical (unpaired) electrons. The first-order chi connectivity index (χ1) is 9.95. The van der Waals surface area contributed by atoms with Gasteiger partial charge in [-0.15, -0.1) is 0 Å². The van der Waals surface area contributed by atoms with Gasteiger partial charge in [-0.3, -0.25) is 14.5 Å². The van der Waals surface area contributed by atoms with Crippen LogP contribution in [0.4, 0.5) is 5.69 Å². The lowest BCUT2D eigenvalue weighted by Gasteiger charge is -2.36. The third-order valence-electron chi connectivity index (χ3n) is 3.87. The molecule has 1 aliphatic heterocycles. The summed E-state index contributed by atoms with van der Waals surface area (Å²) in [5.41, 5.74) is 6.04. The number of nitrogens with zero attached hydrogens (tertiary/aromatic N) is 1. The van der Waals surface area contributed by atoms with Gasteiger partial charge in [-0.1, -0.05) is 17.7 Å². The Hall–Kier alpha value is -1.59. The molecule has 1 aromatic rings. The number of carbonyl (C=O) groups excluding carboxylic acids is 2. The molecule has 1 aliphatic rings. The van der Waals surface area contributed by atoms with Crippen LogP contribution >= 0.6 is 11.6 Å².